The molecule has 12 heteroatoms. The van der Waals surface area contributed by atoms with Crippen LogP contribution in [0.15, 0.2) is 0 Å². The van der Waals surface area contributed by atoms with E-state index in [0.29, 0.717) is 44.6 Å². The topological polar surface area (TPSA) is 160 Å². The molecular weight excluding hydrogens is 568 g/mol. The van der Waals surface area contributed by atoms with Gasteiger partial charge in [0.1, 0.15) is 18.3 Å². The molecule has 238 valence electrons. The molecule has 11 atom stereocenters. The maximum Gasteiger partial charge on any atom is 0.305 e. The summed E-state index contributed by atoms with van der Waals surface area (Å²) in [5.74, 6) is 0.888. The number of ether oxygens (including phenoxy) is 4. The van der Waals surface area contributed by atoms with Crippen molar-refractivity contribution in [2.24, 2.45) is 46.8 Å². The summed E-state index contributed by atoms with van der Waals surface area (Å²) in [6.07, 6.45) is 6.53. The normalized spacial score (nSPS) is 38.1. The van der Waals surface area contributed by atoms with Crippen LogP contribution in [0, 0.1) is 46.8 Å². The molecule has 4 fully saturated rings. The minimum Gasteiger partial charge on any atom is -0.466 e. The molecule has 0 aromatic carbocycles. The summed E-state index contributed by atoms with van der Waals surface area (Å²) < 4.78 is 52.7. The second-order valence-corrected chi connectivity index (χ2v) is 14.8. The van der Waals surface area contributed by atoms with Gasteiger partial charge in [-0.25, -0.2) is 0 Å². The Morgan fingerprint density at radius 2 is 1.69 bits per heavy atom. The number of hydrogen-bond donors (Lipinski definition) is 1. The lowest BCUT2D eigenvalue weighted by molar-refractivity contribution is -0.198. The highest BCUT2D eigenvalue weighted by Crippen LogP contribution is 2.66. The van der Waals surface area contributed by atoms with Crippen molar-refractivity contribution in [2.45, 2.75) is 103 Å². The van der Waals surface area contributed by atoms with Crippen LogP contribution in [-0.2, 0) is 48.2 Å². The first-order valence-electron chi connectivity index (χ1n) is 15.4. The van der Waals surface area contributed by atoms with E-state index in [4.69, 9.17) is 23.5 Å². The molecule has 11 nitrogen and oxygen atoms in total. The lowest BCUT2D eigenvalue weighted by Crippen LogP contribution is -2.60. The van der Waals surface area contributed by atoms with Crippen LogP contribution < -0.4 is 0 Å². The van der Waals surface area contributed by atoms with Crippen LogP contribution in [0.5, 0.6) is 0 Å². The number of hydrogen-bond acceptors (Lipinski definition) is 10. The zero-order valence-corrected chi connectivity index (χ0v) is 25.5. The molecule has 0 bridgehead atoms. The molecular formula is C30H46O11S. The molecule has 0 spiro atoms. The summed E-state index contributed by atoms with van der Waals surface area (Å²) >= 11 is 0. The molecule has 4 saturated carbocycles. The molecule has 0 aromatic heterocycles. The standard InChI is InChI=1S/C30H46O11S/c1-19(5-10-28(34)38-11-3-4-12-42(35,36)37)24-8-9-25-29-23(15-27(41-18-33)30(24,25)2)22-7-6-21(39-16-31)13-20(22)14-26(29)40-17-32/h16-27,29H,3-15H2,1-2H3,(H,35,36,37)/t19-,20?,21?,22?,23-,24?,25+,26?,27?,29?,30?/m1/s1. The van der Waals surface area contributed by atoms with E-state index in [9.17, 15) is 27.6 Å². The van der Waals surface area contributed by atoms with Gasteiger partial charge < -0.3 is 18.9 Å². The van der Waals surface area contributed by atoms with Crippen molar-refractivity contribution < 1.29 is 51.1 Å². The largest absolute Gasteiger partial charge is 0.466 e. The molecule has 4 rings (SSSR count). The highest BCUT2D eigenvalue weighted by molar-refractivity contribution is 7.85. The number of rotatable bonds is 15. The van der Waals surface area contributed by atoms with Crippen LogP contribution in [0.4, 0.5) is 0 Å². The fourth-order valence-electron chi connectivity index (χ4n) is 9.61. The van der Waals surface area contributed by atoms with E-state index >= 15 is 0 Å². The van der Waals surface area contributed by atoms with Crippen LogP contribution in [0.3, 0.4) is 0 Å². The second kappa shape index (κ2) is 14.1. The summed E-state index contributed by atoms with van der Waals surface area (Å²) in [5, 5.41) is 0. The van der Waals surface area contributed by atoms with E-state index in [2.05, 4.69) is 13.8 Å². The van der Waals surface area contributed by atoms with Crippen molar-refractivity contribution in [1.29, 1.82) is 0 Å². The van der Waals surface area contributed by atoms with E-state index in [1.165, 1.54) is 0 Å². The van der Waals surface area contributed by atoms with Gasteiger partial charge >= 0.3 is 5.97 Å². The lowest BCUT2D eigenvalue weighted by Gasteiger charge is -2.60. The molecule has 0 heterocycles. The predicted octanol–water partition coefficient (Wildman–Crippen LogP) is 3.73. The summed E-state index contributed by atoms with van der Waals surface area (Å²) in [7, 11) is -4.02. The molecule has 1 N–H and O–H groups in total. The number of carbonyl (C=O) groups excluding carboxylic acids is 4. The van der Waals surface area contributed by atoms with Gasteiger partial charge in [0.15, 0.2) is 0 Å². The second-order valence-electron chi connectivity index (χ2n) is 13.2. The Balaban J connectivity index is 1.44. The van der Waals surface area contributed by atoms with Crippen LogP contribution in [0.25, 0.3) is 0 Å². The molecule has 0 aliphatic heterocycles. The van der Waals surface area contributed by atoms with Crippen molar-refractivity contribution in [1.82, 2.24) is 0 Å². The van der Waals surface area contributed by atoms with Crippen molar-refractivity contribution in [3.05, 3.63) is 0 Å². The number of carbonyl (C=O) groups is 4. The smallest absolute Gasteiger partial charge is 0.305 e. The third-order valence-electron chi connectivity index (χ3n) is 11.3. The van der Waals surface area contributed by atoms with Crippen LogP contribution in [0.2, 0.25) is 0 Å². The Bertz CT molecular complexity index is 1060. The summed E-state index contributed by atoms with van der Waals surface area (Å²) in [6.45, 7) is 6.07. The lowest BCUT2D eigenvalue weighted by atomic mass is 9.47. The van der Waals surface area contributed by atoms with E-state index < -0.39 is 10.1 Å². The minimum absolute atomic E-state index is 0.104. The van der Waals surface area contributed by atoms with Gasteiger partial charge in [-0.3, -0.25) is 23.7 Å². The van der Waals surface area contributed by atoms with Crippen LogP contribution in [0.1, 0.15) is 84.5 Å². The molecule has 0 saturated heterocycles. The molecule has 0 radical (unpaired) electrons. The Morgan fingerprint density at radius 1 is 0.952 bits per heavy atom. The van der Waals surface area contributed by atoms with Crippen molar-refractivity contribution in [3.8, 4) is 0 Å². The Hall–Kier alpha value is -2.21. The first-order chi connectivity index (χ1) is 20.0. The molecule has 0 aromatic rings. The highest BCUT2D eigenvalue weighted by Gasteiger charge is 2.65. The van der Waals surface area contributed by atoms with E-state index in [-0.39, 0.29) is 90.4 Å². The van der Waals surface area contributed by atoms with E-state index in [1.807, 2.05) is 0 Å². The Morgan fingerprint density at radius 3 is 2.38 bits per heavy atom. The van der Waals surface area contributed by atoms with Gasteiger partial charge in [-0.15, -0.1) is 0 Å². The third kappa shape index (κ3) is 7.11. The predicted molar refractivity (Wildman–Crippen MR) is 149 cm³/mol. The van der Waals surface area contributed by atoms with Gasteiger partial charge in [0.05, 0.1) is 12.4 Å². The first-order valence-corrected chi connectivity index (χ1v) is 17.0. The van der Waals surface area contributed by atoms with Gasteiger partial charge in [0.2, 0.25) is 0 Å². The summed E-state index contributed by atoms with van der Waals surface area (Å²) in [6, 6.07) is 0. The maximum absolute atomic E-state index is 12.4. The van der Waals surface area contributed by atoms with Gasteiger partial charge in [-0.1, -0.05) is 13.8 Å². The van der Waals surface area contributed by atoms with Crippen LogP contribution >= 0.6 is 0 Å². The number of fused-ring (bicyclic) bond motifs is 5. The average molecular weight is 615 g/mol. The van der Waals surface area contributed by atoms with Gasteiger partial charge in [-0.05, 0) is 99.7 Å². The SMILES string of the molecule is C[C@H](CCC(=O)OCCCCS(=O)(=O)O)C1CC[C@H]2C3C(OC=O)CC4CC(OC=O)CCC4[C@H]3CC(OC=O)C12C. The van der Waals surface area contributed by atoms with E-state index in [1.54, 1.807) is 0 Å². The molecule has 8 unspecified atom stereocenters. The monoisotopic (exact) mass is 614 g/mol. The third-order valence-corrected chi connectivity index (χ3v) is 12.1. The maximum atomic E-state index is 12.4. The van der Waals surface area contributed by atoms with Crippen molar-refractivity contribution in [3.63, 3.8) is 0 Å². The van der Waals surface area contributed by atoms with Crippen molar-refractivity contribution in [2.75, 3.05) is 12.4 Å². The fraction of sp³-hybridized carbons (Fsp3) is 0.867. The molecule has 42 heavy (non-hydrogen) atoms. The number of esters is 1. The average Bonchev–Trinajstić information content (AvgIpc) is 3.29. The van der Waals surface area contributed by atoms with Crippen molar-refractivity contribution >= 4 is 35.5 Å². The minimum atomic E-state index is -4.02. The van der Waals surface area contributed by atoms with Gasteiger partial charge in [0, 0.05) is 17.8 Å². The molecule has 4 aliphatic rings. The van der Waals surface area contributed by atoms with Gasteiger partial charge in [-0.2, -0.15) is 8.42 Å². The summed E-state index contributed by atoms with van der Waals surface area (Å²) in [4.78, 5) is 46.8. The molecule has 0 amide bonds. The molecule has 4 aliphatic carbocycles. The fourth-order valence-corrected chi connectivity index (χ4v) is 10.2. The highest BCUT2D eigenvalue weighted by atomic mass is 32.2. The quantitative estimate of drug-likeness (QED) is 0.0941. The van der Waals surface area contributed by atoms with Gasteiger partial charge in [0.25, 0.3) is 29.5 Å². The Labute approximate surface area is 248 Å². The zero-order chi connectivity index (χ0) is 30.5. The summed E-state index contributed by atoms with van der Waals surface area (Å²) in [5.41, 5.74) is -0.337. The first kappa shape index (κ1) is 32.7. The number of unbranched alkanes of at least 4 members (excludes halogenated alkanes) is 1. The Kier molecular flexibility index (Phi) is 10.9. The van der Waals surface area contributed by atoms with E-state index in [0.717, 1.165) is 38.5 Å². The zero-order valence-electron chi connectivity index (χ0n) is 24.6. The van der Waals surface area contributed by atoms with Crippen LogP contribution in [-0.4, -0.2) is 69.0 Å².